The van der Waals surface area contributed by atoms with E-state index in [-0.39, 0.29) is 0 Å². The van der Waals surface area contributed by atoms with Gasteiger partial charge in [-0.25, -0.2) is 0 Å². The Morgan fingerprint density at radius 3 is 2.88 bits per heavy atom. The molecule has 0 radical (unpaired) electrons. The number of likely N-dealkylation sites (tertiary alicyclic amines) is 1. The first-order valence-corrected chi connectivity index (χ1v) is 6.70. The van der Waals surface area contributed by atoms with Crippen LogP contribution < -0.4 is 5.32 Å². The zero-order valence-corrected chi connectivity index (χ0v) is 11.5. The van der Waals surface area contributed by atoms with Crippen molar-refractivity contribution in [2.45, 2.75) is 44.7 Å². The van der Waals surface area contributed by atoms with Gasteiger partial charge < -0.3 is 10.2 Å². The van der Waals surface area contributed by atoms with E-state index in [1.165, 1.54) is 38.8 Å². The van der Waals surface area contributed by atoms with E-state index in [1.807, 2.05) is 7.05 Å². The predicted octanol–water partition coefficient (Wildman–Crippen LogP) is 1.40. The molecule has 2 unspecified atom stereocenters. The molecule has 2 atom stereocenters. The summed E-state index contributed by atoms with van der Waals surface area (Å²) < 4.78 is 0. The zero-order valence-electron chi connectivity index (χ0n) is 11.5. The van der Waals surface area contributed by atoms with Crippen LogP contribution in [0.3, 0.4) is 0 Å². The maximum atomic E-state index is 3.22. The van der Waals surface area contributed by atoms with Crippen molar-refractivity contribution in [3.05, 3.63) is 0 Å². The number of piperidine rings is 1. The van der Waals surface area contributed by atoms with Crippen molar-refractivity contribution < 1.29 is 0 Å². The summed E-state index contributed by atoms with van der Waals surface area (Å²) >= 11 is 0. The maximum absolute atomic E-state index is 3.22. The highest BCUT2D eigenvalue weighted by Gasteiger charge is 2.23. The van der Waals surface area contributed by atoms with Crippen molar-refractivity contribution in [2.75, 3.05) is 40.8 Å². The molecule has 3 heteroatoms. The molecule has 1 rings (SSSR count). The fourth-order valence-corrected chi connectivity index (χ4v) is 2.61. The highest BCUT2D eigenvalue weighted by Crippen LogP contribution is 2.17. The Kier molecular flexibility index (Phi) is 6.32. The quantitative estimate of drug-likeness (QED) is 0.692. The first-order chi connectivity index (χ1) is 7.65. The van der Waals surface area contributed by atoms with Gasteiger partial charge in [-0.1, -0.05) is 0 Å². The van der Waals surface area contributed by atoms with E-state index in [0.29, 0.717) is 6.04 Å². The van der Waals surface area contributed by atoms with Gasteiger partial charge in [-0.3, -0.25) is 4.90 Å². The summed E-state index contributed by atoms with van der Waals surface area (Å²) in [4.78, 5) is 5.05. The molecule has 1 fully saturated rings. The molecule has 3 nitrogen and oxygen atoms in total. The van der Waals surface area contributed by atoms with Gasteiger partial charge in [-0.2, -0.15) is 0 Å². The molecule has 0 aromatic rings. The lowest BCUT2D eigenvalue weighted by molar-refractivity contribution is 0.101. The minimum absolute atomic E-state index is 0.713. The van der Waals surface area contributed by atoms with E-state index >= 15 is 0 Å². The monoisotopic (exact) mass is 227 g/mol. The van der Waals surface area contributed by atoms with Gasteiger partial charge in [0.1, 0.15) is 0 Å². The summed E-state index contributed by atoms with van der Waals surface area (Å²) in [6, 6.07) is 1.48. The Morgan fingerprint density at radius 1 is 1.50 bits per heavy atom. The number of hydrogen-bond donors (Lipinski definition) is 1. The lowest BCUT2D eigenvalue weighted by Crippen LogP contribution is -2.48. The van der Waals surface area contributed by atoms with Gasteiger partial charge in [0.2, 0.25) is 0 Å². The van der Waals surface area contributed by atoms with Crippen molar-refractivity contribution in [1.29, 1.82) is 0 Å². The molecule has 0 spiro atoms. The van der Waals surface area contributed by atoms with Gasteiger partial charge in [-0.15, -0.1) is 0 Å². The number of rotatable bonds is 6. The molecule has 1 aliphatic heterocycles. The SMILES string of the molecule is CNCCCC(C)N(C)C1CCCN(C)C1. The molecule has 1 saturated heterocycles. The first-order valence-electron chi connectivity index (χ1n) is 6.70. The molecule has 1 aliphatic rings. The van der Waals surface area contributed by atoms with Crippen LogP contribution in [0.5, 0.6) is 0 Å². The molecule has 0 aromatic heterocycles. The van der Waals surface area contributed by atoms with Crippen LogP contribution in [0.4, 0.5) is 0 Å². The first kappa shape index (κ1) is 13.9. The van der Waals surface area contributed by atoms with Gasteiger partial charge >= 0.3 is 0 Å². The fourth-order valence-electron chi connectivity index (χ4n) is 2.61. The summed E-state index contributed by atoms with van der Waals surface area (Å²) in [6.07, 6.45) is 5.31. The Labute approximate surface area is 101 Å². The molecule has 0 bridgehead atoms. The van der Waals surface area contributed by atoms with Gasteiger partial charge in [-0.05, 0) is 66.8 Å². The zero-order chi connectivity index (χ0) is 12.0. The van der Waals surface area contributed by atoms with Crippen LogP contribution >= 0.6 is 0 Å². The Bertz CT molecular complexity index is 184. The average molecular weight is 227 g/mol. The lowest BCUT2D eigenvalue weighted by Gasteiger charge is -2.39. The second kappa shape index (κ2) is 7.25. The van der Waals surface area contributed by atoms with E-state index in [9.17, 15) is 0 Å². The molecule has 1 N–H and O–H groups in total. The second-order valence-corrected chi connectivity index (χ2v) is 5.32. The molecule has 0 aliphatic carbocycles. The molecular weight excluding hydrogens is 198 g/mol. The molecule has 0 amide bonds. The topological polar surface area (TPSA) is 18.5 Å². The van der Waals surface area contributed by atoms with Crippen molar-refractivity contribution in [3.8, 4) is 0 Å². The van der Waals surface area contributed by atoms with Gasteiger partial charge in [0.15, 0.2) is 0 Å². The minimum Gasteiger partial charge on any atom is -0.320 e. The van der Waals surface area contributed by atoms with Gasteiger partial charge in [0, 0.05) is 18.6 Å². The standard InChI is InChI=1S/C13H29N3/c1-12(7-5-9-14-2)16(4)13-8-6-10-15(3)11-13/h12-14H,5-11H2,1-4H3. The Morgan fingerprint density at radius 2 is 2.25 bits per heavy atom. The third-order valence-electron chi connectivity index (χ3n) is 3.92. The summed E-state index contributed by atoms with van der Waals surface area (Å²) in [7, 11) is 6.57. The summed E-state index contributed by atoms with van der Waals surface area (Å²) in [6.45, 7) is 6.03. The normalized spacial score (nSPS) is 24.9. The molecule has 1 heterocycles. The van der Waals surface area contributed by atoms with Crippen molar-refractivity contribution >= 4 is 0 Å². The van der Waals surface area contributed by atoms with Gasteiger partial charge in [0.25, 0.3) is 0 Å². The van der Waals surface area contributed by atoms with Crippen LogP contribution in [0.15, 0.2) is 0 Å². The van der Waals surface area contributed by atoms with E-state index in [0.717, 1.165) is 12.6 Å². The van der Waals surface area contributed by atoms with Crippen molar-refractivity contribution in [1.82, 2.24) is 15.1 Å². The summed E-state index contributed by atoms with van der Waals surface area (Å²) in [5, 5.41) is 3.22. The molecule has 16 heavy (non-hydrogen) atoms. The highest BCUT2D eigenvalue weighted by atomic mass is 15.2. The fraction of sp³-hybridized carbons (Fsp3) is 1.00. The van der Waals surface area contributed by atoms with E-state index in [2.05, 4.69) is 36.1 Å². The Hall–Kier alpha value is -0.120. The van der Waals surface area contributed by atoms with Crippen molar-refractivity contribution in [2.24, 2.45) is 0 Å². The van der Waals surface area contributed by atoms with Crippen LogP contribution in [-0.4, -0.2) is 62.7 Å². The van der Waals surface area contributed by atoms with Crippen molar-refractivity contribution in [3.63, 3.8) is 0 Å². The molecular formula is C13H29N3. The minimum atomic E-state index is 0.713. The molecule has 96 valence electrons. The van der Waals surface area contributed by atoms with Crippen LogP contribution in [-0.2, 0) is 0 Å². The second-order valence-electron chi connectivity index (χ2n) is 5.32. The number of likely N-dealkylation sites (N-methyl/N-ethyl adjacent to an activating group) is 2. The number of nitrogens with zero attached hydrogens (tertiary/aromatic N) is 2. The van der Waals surface area contributed by atoms with E-state index in [1.54, 1.807) is 0 Å². The van der Waals surface area contributed by atoms with Crippen LogP contribution in [0.25, 0.3) is 0 Å². The van der Waals surface area contributed by atoms with Crippen LogP contribution in [0.2, 0.25) is 0 Å². The van der Waals surface area contributed by atoms with Crippen LogP contribution in [0.1, 0.15) is 32.6 Å². The third kappa shape index (κ3) is 4.40. The third-order valence-corrected chi connectivity index (χ3v) is 3.92. The highest BCUT2D eigenvalue weighted by molar-refractivity contribution is 4.80. The average Bonchev–Trinajstić information content (AvgIpc) is 2.28. The van der Waals surface area contributed by atoms with E-state index in [4.69, 9.17) is 0 Å². The summed E-state index contributed by atoms with van der Waals surface area (Å²) in [5.41, 5.74) is 0. The van der Waals surface area contributed by atoms with Crippen LogP contribution in [0, 0.1) is 0 Å². The lowest BCUT2D eigenvalue weighted by atomic mass is 10.0. The molecule has 0 saturated carbocycles. The van der Waals surface area contributed by atoms with Gasteiger partial charge in [0.05, 0.1) is 0 Å². The largest absolute Gasteiger partial charge is 0.320 e. The number of nitrogens with one attached hydrogen (secondary N) is 1. The molecule has 0 aromatic carbocycles. The maximum Gasteiger partial charge on any atom is 0.0223 e. The summed E-state index contributed by atoms with van der Waals surface area (Å²) in [5.74, 6) is 0. The number of hydrogen-bond acceptors (Lipinski definition) is 3. The Balaban J connectivity index is 2.28. The van der Waals surface area contributed by atoms with E-state index < -0.39 is 0 Å². The predicted molar refractivity (Wildman–Crippen MR) is 70.9 cm³/mol. The smallest absolute Gasteiger partial charge is 0.0223 e.